The predicted octanol–water partition coefficient (Wildman–Crippen LogP) is 2.42. The van der Waals surface area contributed by atoms with E-state index >= 15 is 0 Å². The van der Waals surface area contributed by atoms with Crippen molar-refractivity contribution >= 4 is 6.29 Å². The number of aldehydes is 1. The summed E-state index contributed by atoms with van der Waals surface area (Å²) in [6.45, 7) is 8.72. The molecule has 0 aliphatic rings. The summed E-state index contributed by atoms with van der Waals surface area (Å²) in [7, 11) is 0. The molecule has 0 aromatic carbocycles. The summed E-state index contributed by atoms with van der Waals surface area (Å²) in [5.41, 5.74) is -0.0444. The SMILES string of the molecule is CCC(C)(CC)OCC(C)C=O. The van der Waals surface area contributed by atoms with E-state index in [1.165, 1.54) is 0 Å². The van der Waals surface area contributed by atoms with Crippen molar-refractivity contribution in [2.45, 2.75) is 46.1 Å². The average Bonchev–Trinajstić information content (AvgIpc) is 2.13. The van der Waals surface area contributed by atoms with Gasteiger partial charge in [-0.3, -0.25) is 0 Å². The van der Waals surface area contributed by atoms with Crippen LogP contribution >= 0.6 is 0 Å². The molecular formula is C10H20O2. The first-order valence-corrected chi connectivity index (χ1v) is 4.67. The average molecular weight is 172 g/mol. The first kappa shape index (κ1) is 11.6. The van der Waals surface area contributed by atoms with Crippen molar-refractivity contribution in [3.05, 3.63) is 0 Å². The maximum absolute atomic E-state index is 10.3. The lowest BCUT2D eigenvalue weighted by molar-refractivity contribution is -0.115. The van der Waals surface area contributed by atoms with Gasteiger partial charge in [-0.05, 0) is 19.8 Å². The molecule has 12 heavy (non-hydrogen) atoms. The number of carbonyl (C=O) groups is 1. The van der Waals surface area contributed by atoms with Crippen molar-refractivity contribution in [1.29, 1.82) is 0 Å². The minimum Gasteiger partial charge on any atom is -0.375 e. The Morgan fingerprint density at radius 1 is 1.42 bits per heavy atom. The molecule has 72 valence electrons. The third kappa shape index (κ3) is 3.86. The van der Waals surface area contributed by atoms with Crippen LogP contribution in [0.15, 0.2) is 0 Å². The highest BCUT2D eigenvalue weighted by Gasteiger charge is 2.20. The smallest absolute Gasteiger partial charge is 0.125 e. The standard InChI is InChI=1S/C10H20O2/c1-5-10(4,6-2)12-8-9(3)7-11/h7,9H,5-6,8H2,1-4H3. The van der Waals surface area contributed by atoms with E-state index < -0.39 is 0 Å². The molecule has 0 heterocycles. The second kappa shape index (κ2) is 5.31. The van der Waals surface area contributed by atoms with E-state index in [2.05, 4.69) is 20.8 Å². The van der Waals surface area contributed by atoms with Gasteiger partial charge in [0, 0.05) is 5.92 Å². The molecule has 0 radical (unpaired) electrons. The van der Waals surface area contributed by atoms with E-state index in [4.69, 9.17) is 4.74 Å². The van der Waals surface area contributed by atoms with Gasteiger partial charge in [0.05, 0.1) is 12.2 Å². The molecule has 0 bridgehead atoms. The monoisotopic (exact) mass is 172 g/mol. The molecule has 0 aliphatic heterocycles. The van der Waals surface area contributed by atoms with Gasteiger partial charge >= 0.3 is 0 Å². The van der Waals surface area contributed by atoms with Crippen molar-refractivity contribution in [2.24, 2.45) is 5.92 Å². The highest BCUT2D eigenvalue weighted by Crippen LogP contribution is 2.19. The zero-order valence-corrected chi connectivity index (χ0v) is 8.59. The van der Waals surface area contributed by atoms with Gasteiger partial charge in [-0.2, -0.15) is 0 Å². The van der Waals surface area contributed by atoms with Crippen LogP contribution in [0.2, 0.25) is 0 Å². The molecule has 0 aliphatic carbocycles. The van der Waals surface area contributed by atoms with Crippen molar-refractivity contribution in [2.75, 3.05) is 6.61 Å². The summed E-state index contributed by atoms with van der Waals surface area (Å²) in [5, 5.41) is 0. The minimum atomic E-state index is -0.0444. The van der Waals surface area contributed by atoms with Crippen LogP contribution in [-0.2, 0) is 9.53 Å². The Kier molecular flexibility index (Phi) is 5.14. The van der Waals surface area contributed by atoms with Crippen LogP contribution < -0.4 is 0 Å². The molecule has 1 atom stereocenters. The molecule has 0 saturated heterocycles. The molecule has 0 fully saturated rings. The molecule has 2 nitrogen and oxygen atoms in total. The Morgan fingerprint density at radius 3 is 2.25 bits per heavy atom. The molecule has 0 aromatic heterocycles. The first-order valence-electron chi connectivity index (χ1n) is 4.67. The van der Waals surface area contributed by atoms with E-state index in [-0.39, 0.29) is 11.5 Å². The number of ether oxygens (including phenoxy) is 1. The summed E-state index contributed by atoms with van der Waals surface area (Å²) in [5.74, 6) is 0.0161. The molecule has 0 aromatic rings. The summed E-state index contributed by atoms with van der Waals surface area (Å²) >= 11 is 0. The quantitative estimate of drug-likeness (QED) is 0.575. The molecule has 0 amide bonds. The van der Waals surface area contributed by atoms with Crippen LogP contribution in [0.5, 0.6) is 0 Å². The maximum Gasteiger partial charge on any atom is 0.125 e. The van der Waals surface area contributed by atoms with Gasteiger partial charge < -0.3 is 9.53 Å². The topological polar surface area (TPSA) is 26.3 Å². The maximum atomic E-state index is 10.3. The lowest BCUT2D eigenvalue weighted by Gasteiger charge is -2.27. The molecular weight excluding hydrogens is 152 g/mol. The molecule has 0 spiro atoms. The first-order chi connectivity index (χ1) is 5.58. The Hall–Kier alpha value is -0.370. The lowest BCUT2D eigenvalue weighted by atomic mass is 10.00. The van der Waals surface area contributed by atoms with Crippen LogP contribution in [0.1, 0.15) is 40.5 Å². The van der Waals surface area contributed by atoms with E-state index in [1.54, 1.807) is 0 Å². The van der Waals surface area contributed by atoms with Gasteiger partial charge in [0.25, 0.3) is 0 Å². The normalized spacial score (nSPS) is 14.3. The highest BCUT2D eigenvalue weighted by molar-refractivity contribution is 5.52. The fourth-order valence-electron chi connectivity index (χ4n) is 0.826. The van der Waals surface area contributed by atoms with Crippen LogP contribution in [0.3, 0.4) is 0 Å². The van der Waals surface area contributed by atoms with E-state index in [1.807, 2.05) is 6.92 Å². The summed E-state index contributed by atoms with van der Waals surface area (Å²) in [6, 6.07) is 0. The summed E-state index contributed by atoms with van der Waals surface area (Å²) in [4.78, 5) is 10.3. The fraction of sp³-hybridized carbons (Fsp3) is 0.900. The Morgan fingerprint density at radius 2 is 1.92 bits per heavy atom. The van der Waals surface area contributed by atoms with Crippen LogP contribution in [0, 0.1) is 5.92 Å². The zero-order chi connectivity index (χ0) is 9.61. The van der Waals surface area contributed by atoms with Crippen molar-refractivity contribution in [3.63, 3.8) is 0 Å². The van der Waals surface area contributed by atoms with Crippen LogP contribution in [0.25, 0.3) is 0 Å². The fourth-order valence-corrected chi connectivity index (χ4v) is 0.826. The summed E-state index contributed by atoms with van der Waals surface area (Å²) in [6.07, 6.45) is 2.93. The number of hydrogen-bond donors (Lipinski definition) is 0. The van der Waals surface area contributed by atoms with Crippen LogP contribution in [0.4, 0.5) is 0 Å². The second-order valence-corrected chi connectivity index (χ2v) is 3.58. The second-order valence-electron chi connectivity index (χ2n) is 3.58. The van der Waals surface area contributed by atoms with Gasteiger partial charge in [0.1, 0.15) is 6.29 Å². The van der Waals surface area contributed by atoms with E-state index in [9.17, 15) is 4.79 Å². The summed E-state index contributed by atoms with van der Waals surface area (Å²) < 4.78 is 5.65. The lowest BCUT2D eigenvalue weighted by Crippen LogP contribution is -2.29. The van der Waals surface area contributed by atoms with Gasteiger partial charge in [-0.1, -0.05) is 20.8 Å². The number of carbonyl (C=O) groups excluding carboxylic acids is 1. The third-order valence-corrected chi connectivity index (χ3v) is 2.42. The Bertz CT molecular complexity index is 128. The minimum absolute atomic E-state index is 0.0161. The van der Waals surface area contributed by atoms with E-state index in [0.717, 1.165) is 19.1 Å². The van der Waals surface area contributed by atoms with Crippen molar-refractivity contribution < 1.29 is 9.53 Å². The molecule has 1 unspecified atom stereocenters. The van der Waals surface area contributed by atoms with Gasteiger partial charge in [-0.25, -0.2) is 0 Å². The molecule has 0 rings (SSSR count). The zero-order valence-electron chi connectivity index (χ0n) is 8.59. The predicted molar refractivity (Wildman–Crippen MR) is 50.2 cm³/mol. The van der Waals surface area contributed by atoms with Crippen molar-refractivity contribution in [3.8, 4) is 0 Å². The highest BCUT2D eigenvalue weighted by atomic mass is 16.5. The molecule has 0 saturated carbocycles. The van der Waals surface area contributed by atoms with E-state index in [0.29, 0.717) is 6.61 Å². The Labute approximate surface area is 75.3 Å². The van der Waals surface area contributed by atoms with Gasteiger partial charge in [0.15, 0.2) is 0 Å². The van der Waals surface area contributed by atoms with Crippen LogP contribution in [-0.4, -0.2) is 18.5 Å². The third-order valence-electron chi connectivity index (χ3n) is 2.42. The molecule has 0 N–H and O–H groups in total. The number of rotatable bonds is 6. The van der Waals surface area contributed by atoms with Gasteiger partial charge in [-0.15, -0.1) is 0 Å². The van der Waals surface area contributed by atoms with Crippen molar-refractivity contribution in [1.82, 2.24) is 0 Å². The van der Waals surface area contributed by atoms with Gasteiger partial charge in [0.2, 0.25) is 0 Å². The molecule has 2 heteroatoms. The number of hydrogen-bond acceptors (Lipinski definition) is 2. The Balaban J connectivity index is 3.79. The largest absolute Gasteiger partial charge is 0.375 e.